The lowest BCUT2D eigenvalue weighted by molar-refractivity contribution is -0.131. The van der Waals surface area contributed by atoms with Crippen LogP contribution in [-0.2, 0) is 22.3 Å². The van der Waals surface area contributed by atoms with E-state index in [-0.39, 0.29) is 6.10 Å². The fraction of sp³-hybridized carbons (Fsp3) is 0.571. The number of hydrogen-bond donors (Lipinski definition) is 1. The zero-order valence-corrected chi connectivity index (χ0v) is 10.3. The average molecular weight is 236 g/mol. The van der Waals surface area contributed by atoms with Gasteiger partial charge in [0.2, 0.25) is 0 Å². The minimum Gasteiger partial charge on any atom is -0.390 e. The molecule has 2 atom stereocenters. The van der Waals surface area contributed by atoms with E-state index >= 15 is 0 Å². The normalized spacial score (nSPS) is 22.4. The second kappa shape index (κ2) is 6.15. The Morgan fingerprint density at radius 3 is 2.53 bits per heavy atom. The van der Waals surface area contributed by atoms with Crippen LogP contribution in [0.2, 0.25) is 0 Å². The molecule has 2 unspecified atom stereocenters. The Labute approximate surface area is 102 Å². The molecule has 1 saturated heterocycles. The first-order valence-corrected chi connectivity index (χ1v) is 6.25. The van der Waals surface area contributed by atoms with Gasteiger partial charge in [0.25, 0.3) is 0 Å². The number of ether oxygens (including phenoxy) is 2. The molecule has 3 nitrogen and oxygen atoms in total. The van der Waals surface area contributed by atoms with E-state index in [1.807, 2.05) is 0 Å². The monoisotopic (exact) mass is 236 g/mol. The van der Waals surface area contributed by atoms with Gasteiger partial charge in [0.1, 0.15) is 6.10 Å². The van der Waals surface area contributed by atoms with Crippen LogP contribution in [0.4, 0.5) is 0 Å². The van der Waals surface area contributed by atoms with Crippen LogP contribution in [0.3, 0.4) is 0 Å². The molecule has 0 saturated carbocycles. The summed E-state index contributed by atoms with van der Waals surface area (Å²) in [5, 5.41) is 10.0. The third-order valence-corrected chi connectivity index (χ3v) is 3.15. The maximum Gasteiger partial charge on any atom is 0.107 e. The van der Waals surface area contributed by atoms with Crippen molar-refractivity contribution in [1.82, 2.24) is 0 Å². The van der Waals surface area contributed by atoms with Gasteiger partial charge in [-0.05, 0) is 17.5 Å². The zero-order chi connectivity index (χ0) is 12.1. The maximum atomic E-state index is 10.0. The van der Waals surface area contributed by atoms with Crippen molar-refractivity contribution in [2.45, 2.75) is 32.0 Å². The van der Waals surface area contributed by atoms with Crippen LogP contribution in [0.25, 0.3) is 0 Å². The number of aliphatic hydroxyl groups is 1. The molecule has 94 valence electrons. The van der Waals surface area contributed by atoms with Crippen molar-refractivity contribution in [1.29, 1.82) is 0 Å². The van der Waals surface area contributed by atoms with Crippen LogP contribution < -0.4 is 0 Å². The SMILES string of the molecule is CCc1ccc(CC(O)C2COCCO2)cc1. The fourth-order valence-electron chi connectivity index (χ4n) is 2.01. The molecular formula is C14H20O3. The van der Waals surface area contributed by atoms with Crippen molar-refractivity contribution in [2.24, 2.45) is 0 Å². The van der Waals surface area contributed by atoms with Crippen LogP contribution >= 0.6 is 0 Å². The summed E-state index contributed by atoms with van der Waals surface area (Å²) in [7, 11) is 0. The maximum absolute atomic E-state index is 10.0. The molecule has 17 heavy (non-hydrogen) atoms. The van der Waals surface area contributed by atoms with Crippen molar-refractivity contribution in [3.8, 4) is 0 Å². The summed E-state index contributed by atoms with van der Waals surface area (Å²) < 4.78 is 10.8. The summed E-state index contributed by atoms with van der Waals surface area (Å²) in [6.45, 7) is 3.84. The van der Waals surface area contributed by atoms with Gasteiger partial charge >= 0.3 is 0 Å². The second-order valence-electron chi connectivity index (χ2n) is 4.43. The lowest BCUT2D eigenvalue weighted by Crippen LogP contribution is -2.39. The van der Waals surface area contributed by atoms with Crippen LogP contribution in [0.1, 0.15) is 18.1 Å². The molecule has 1 aromatic rings. The zero-order valence-electron chi connectivity index (χ0n) is 10.3. The predicted octanol–water partition coefficient (Wildman–Crippen LogP) is 1.57. The predicted molar refractivity (Wildman–Crippen MR) is 66.1 cm³/mol. The van der Waals surface area contributed by atoms with Crippen LogP contribution in [0, 0.1) is 0 Å². The molecule has 0 bridgehead atoms. The number of hydrogen-bond acceptors (Lipinski definition) is 3. The van der Waals surface area contributed by atoms with Crippen LogP contribution in [-0.4, -0.2) is 37.1 Å². The van der Waals surface area contributed by atoms with Gasteiger partial charge in [-0.15, -0.1) is 0 Å². The Morgan fingerprint density at radius 1 is 1.24 bits per heavy atom. The van der Waals surface area contributed by atoms with E-state index in [9.17, 15) is 5.11 Å². The highest BCUT2D eigenvalue weighted by molar-refractivity contribution is 5.23. The van der Waals surface area contributed by atoms with E-state index in [0.29, 0.717) is 26.2 Å². The topological polar surface area (TPSA) is 38.7 Å². The second-order valence-corrected chi connectivity index (χ2v) is 4.43. The van der Waals surface area contributed by atoms with Gasteiger partial charge in [-0.3, -0.25) is 0 Å². The summed E-state index contributed by atoms with van der Waals surface area (Å²) in [5.41, 5.74) is 2.46. The molecule has 3 heteroatoms. The van der Waals surface area contributed by atoms with Gasteiger partial charge in [-0.2, -0.15) is 0 Å². The van der Waals surface area contributed by atoms with E-state index in [2.05, 4.69) is 31.2 Å². The van der Waals surface area contributed by atoms with E-state index in [4.69, 9.17) is 9.47 Å². The molecule has 1 heterocycles. The Kier molecular flexibility index (Phi) is 4.54. The fourth-order valence-corrected chi connectivity index (χ4v) is 2.01. The minimum absolute atomic E-state index is 0.186. The molecule has 1 aromatic carbocycles. The van der Waals surface area contributed by atoms with Gasteiger partial charge in [0.05, 0.1) is 25.9 Å². The Morgan fingerprint density at radius 2 is 1.94 bits per heavy atom. The summed E-state index contributed by atoms with van der Waals surface area (Å²) >= 11 is 0. The van der Waals surface area contributed by atoms with Crippen LogP contribution in [0.5, 0.6) is 0 Å². The summed E-state index contributed by atoms with van der Waals surface area (Å²) in [5.74, 6) is 0. The van der Waals surface area contributed by atoms with Crippen molar-refractivity contribution in [3.05, 3.63) is 35.4 Å². The van der Waals surface area contributed by atoms with E-state index in [1.165, 1.54) is 5.56 Å². The highest BCUT2D eigenvalue weighted by Crippen LogP contribution is 2.13. The third kappa shape index (κ3) is 3.53. The lowest BCUT2D eigenvalue weighted by atomic mass is 10.0. The smallest absolute Gasteiger partial charge is 0.107 e. The van der Waals surface area contributed by atoms with Gasteiger partial charge in [0.15, 0.2) is 0 Å². The van der Waals surface area contributed by atoms with Crippen molar-refractivity contribution in [2.75, 3.05) is 19.8 Å². The Bertz CT molecular complexity index is 328. The summed E-state index contributed by atoms with van der Waals surface area (Å²) in [6, 6.07) is 8.37. The molecule has 0 spiro atoms. The quantitative estimate of drug-likeness (QED) is 0.862. The standard InChI is InChI=1S/C14H20O3/c1-2-11-3-5-12(6-4-11)9-13(15)14-10-16-7-8-17-14/h3-6,13-15H,2,7-10H2,1H3. The number of rotatable bonds is 4. The highest BCUT2D eigenvalue weighted by atomic mass is 16.6. The first-order valence-electron chi connectivity index (χ1n) is 6.25. The van der Waals surface area contributed by atoms with E-state index < -0.39 is 6.10 Å². The lowest BCUT2D eigenvalue weighted by Gasteiger charge is -2.27. The van der Waals surface area contributed by atoms with E-state index in [1.54, 1.807) is 0 Å². The molecule has 0 amide bonds. The number of benzene rings is 1. The summed E-state index contributed by atoms with van der Waals surface area (Å²) in [4.78, 5) is 0. The summed E-state index contributed by atoms with van der Waals surface area (Å²) in [6.07, 6.45) is 0.998. The first-order chi connectivity index (χ1) is 8.29. The molecule has 2 rings (SSSR count). The number of aryl methyl sites for hydroxylation is 1. The Balaban J connectivity index is 1.89. The molecule has 1 aliphatic rings. The number of aliphatic hydroxyl groups excluding tert-OH is 1. The Hall–Kier alpha value is -0.900. The minimum atomic E-state index is -0.484. The van der Waals surface area contributed by atoms with Gasteiger partial charge < -0.3 is 14.6 Å². The molecular weight excluding hydrogens is 216 g/mol. The third-order valence-electron chi connectivity index (χ3n) is 3.15. The van der Waals surface area contributed by atoms with Crippen LogP contribution in [0.15, 0.2) is 24.3 Å². The molecule has 0 radical (unpaired) electrons. The highest BCUT2D eigenvalue weighted by Gasteiger charge is 2.23. The average Bonchev–Trinajstić information content (AvgIpc) is 2.40. The molecule has 1 fully saturated rings. The van der Waals surface area contributed by atoms with Gasteiger partial charge in [0, 0.05) is 6.42 Å². The van der Waals surface area contributed by atoms with E-state index in [0.717, 1.165) is 12.0 Å². The molecule has 1 aliphatic heterocycles. The molecule has 0 aromatic heterocycles. The largest absolute Gasteiger partial charge is 0.390 e. The van der Waals surface area contributed by atoms with Gasteiger partial charge in [-0.1, -0.05) is 31.2 Å². The van der Waals surface area contributed by atoms with Gasteiger partial charge in [-0.25, -0.2) is 0 Å². The van der Waals surface area contributed by atoms with Crippen molar-refractivity contribution in [3.63, 3.8) is 0 Å². The first kappa shape index (κ1) is 12.6. The molecule has 0 aliphatic carbocycles. The van der Waals surface area contributed by atoms with Crippen molar-refractivity contribution < 1.29 is 14.6 Å². The van der Waals surface area contributed by atoms with Crippen molar-refractivity contribution >= 4 is 0 Å². The molecule has 1 N–H and O–H groups in total.